The molecule has 2 nitrogen and oxygen atoms in total. The average molecular weight is 158 g/mol. The van der Waals surface area contributed by atoms with Crippen molar-refractivity contribution < 1.29 is 9.84 Å². The predicted octanol–water partition coefficient (Wildman–Crippen LogP) is 1.43. The molecular formula is C9H18O2. The molecule has 0 aromatic carbocycles. The molecule has 0 aromatic rings. The van der Waals surface area contributed by atoms with Crippen molar-refractivity contribution in [3.8, 4) is 0 Å². The second kappa shape index (κ2) is 2.76. The minimum absolute atomic E-state index is 0.0816. The number of methoxy groups -OCH3 is 1. The highest BCUT2D eigenvalue weighted by atomic mass is 16.5. The fraction of sp³-hybridized carbons (Fsp3) is 1.00. The van der Waals surface area contributed by atoms with Crippen molar-refractivity contribution in [3.63, 3.8) is 0 Å². The van der Waals surface area contributed by atoms with Crippen molar-refractivity contribution in [1.29, 1.82) is 0 Å². The van der Waals surface area contributed by atoms with Crippen LogP contribution in [-0.2, 0) is 4.74 Å². The van der Waals surface area contributed by atoms with E-state index in [0.717, 1.165) is 12.8 Å². The lowest BCUT2D eigenvalue weighted by Gasteiger charge is -2.52. The topological polar surface area (TPSA) is 29.5 Å². The van der Waals surface area contributed by atoms with Crippen LogP contribution in [0.2, 0.25) is 0 Å². The third-order valence-corrected chi connectivity index (χ3v) is 2.49. The smallest absolute Gasteiger partial charge is 0.0541 e. The van der Waals surface area contributed by atoms with Crippen LogP contribution in [0.5, 0.6) is 0 Å². The normalized spacial score (nSPS) is 26.2. The van der Waals surface area contributed by atoms with Crippen LogP contribution in [-0.4, -0.2) is 25.4 Å². The molecule has 2 heteroatoms. The molecule has 0 radical (unpaired) electrons. The zero-order valence-electron chi connectivity index (χ0n) is 7.68. The quantitative estimate of drug-likeness (QED) is 0.673. The van der Waals surface area contributed by atoms with Crippen LogP contribution in [0.4, 0.5) is 0 Å². The third-order valence-electron chi connectivity index (χ3n) is 2.49. The summed E-state index contributed by atoms with van der Waals surface area (Å²) in [5.41, 5.74) is 0.500. The first kappa shape index (κ1) is 9.01. The van der Waals surface area contributed by atoms with Gasteiger partial charge in [0, 0.05) is 12.5 Å². The van der Waals surface area contributed by atoms with Gasteiger partial charge in [0.25, 0.3) is 0 Å². The van der Waals surface area contributed by atoms with Gasteiger partial charge in [0.15, 0.2) is 0 Å². The zero-order chi connectivity index (χ0) is 8.54. The van der Waals surface area contributed by atoms with Gasteiger partial charge in [0.05, 0.1) is 13.2 Å². The predicted molar refractivity (Wildman–Crippen MR) is 44.4 cm³/mol. The Morgan fingerprint density at radius 1 is 1.36 bits per heavy atom. The fourth-order valence-electron chi connectivity index (χ4n) is 2.54. The van der Waals surface area contributed by atoms with Crippen molar-refractivity contribution >= 4 is 0 Å². The Bertz CT molecular complexity index is 132. The number of ether oxygens (including phenoxy) is 1. The van der Waals surface area contributed by atoms with Crippen LogP contribution in [0.15, 0.2) is 0 Å². The second-order valence-electron chi connectivity index (χ2n) is 4.61. The van der Waals surface area contributed by atoms with Crippen LogP contribution in [0.1, 0.15) is 26.7 Å². The molecule has 0 atom stereocenters. The van der Waals surface area contributed by atoms with Gasteiger partial charge in [-0.15, -0.1) is 0 Å². The van der Waals surface area contributed by atoms with Crippen molar-refractivity contribution in [3.05, 3.63) is 0 Å². The highest BCUT2D eigenvalue weighted by Gasteiger charge is 2.48. The van der Waals surface area contributed by atoms with E-state index < -0.39 is 0 Å². The first-order valence-electron chi connectivity index (χ1n) is 4.13. The zero-order valence-corrected chi connectivity index (χ0v) is 7.68. The van der Waals surface area contributed by atoms with Gasteiger partial charge in [-0.05, 0) is 18.3 Å². The molecule has 0 spiro atoms. The molecule has 0 saturated heterocycles. The van der Waals surface area contributed by atoms with Crippen molar-refractivity contribution in [2.45, 2.75) is 26.7 Å². The van der Waals surface area contributed by atoms with E-state index in [1.165, 1.54) is 0 Å². The number of rotatable bonds is 3. The third kappa shape index (κ3) is 1.74. The van der Waals surface area contributed by atoms with E-state index >= 15 is 0 Å². The molecule has 1 fully saturated rings. The molecule has 66 valence electrons. The summed E-state index contributed by atoms with van der Waals surface area (Å²) in [6.07, 6.45) is 2.18. The monoisotopic (exact) mass is 158 g/mol. The number of aliphatic hydroxyl groups is 1. The Balaban J connectivity index is 2.43. The molecule has 0 amide bonds. The van der Waals surface area contributed by atoms with Crippen molar-refractivity contribution in [2.75, 3.05) is 20.3 Å². The van der Waals surface area contributed by atoms with Gasteiger partial charge in [-0.1, -0.05) is 13.8 Å². The SMILES string of the molecule is COCC1(CO)CC(C)(C)C1. The summed E-state index contributed by atoms with van der Waals surface area (Å²) >= 11 is 0. The van der Waals surface area contributed by atoms with Crippen LogP contribution in [0.3, 0.4) is 0 Å². The van der Waals surface area contributed by atoms with Gasteiger partial charge < -0.3 is 9.84 Å². The van der Waals surface area contributed by atoms with Gasteiger partial charge in [-0.3, -0.25) is 0 Å². The largest absolute Gasteiger partial charge is 0.396 e. The van der Waals surface area contributed by atoms with Crippen LogP contribution in [0, 0.1) is 10.8 Å². The standard InChI is InChI=1S/C9H18O2/c1-8(2)4-9(5-8,6-10)7-11-3/h10H,4-7H2,1-3H3. The van der Waals surface area contributed by atoms with E-state index in [9.17, 15) is 0 Å². The maximum Gasteiger partial charge on any atom is 0.0541 e. The molecule has 0 aliphatic heterocycles. The molecular weight excluding hydrogens is 140 g/mol. The summed E-state index contributed by atoms with van der Waals surface area (Å²) in [7, 11) is 1.70. The molecule has 0 bridgehead atoms. The minimum Gasteiger partial charge on any atom is -0.396 e. The highest BCUT2D eigenvalue weighted by Crippen LogP contribution is 2.53. The van der Waals surface area contributed by atoms with Crippen LogP contribution in [0.25, 0.3) is 0 Å². The molecule has 1 aliphatic carbocycles. The van der Waals surface area contributed by atoms with Gasteiger partial charge >= 0.3 is 0 Å². The maximum absolute atomic E-state index is 9.12. The highest BCUT2D eigenvalue weighted by molar-refractivity contribution is 4.98. The minimum atomic E-state index is 0.0816. The van der Waals surface area contributed by atoms with E-state index in [-0.39, 0.29) is 12.0 Å². The summed E-state index contributed by atoms with van der Waals surface area (Å²) in [5, 5.41) is 9.12. The molecule has 0 unspecified atom stereocenters. The lowest BCUT2D eigenvalue weighted by atomic mass is 9.55. The van der Waals surface area contributed by atoms with Crippen LogP contribution < -0.4 is 0 Å². The Morgan fingerprint density at radius 2 is 1.91 bits per heavy atom. The van der Waals surface area contributed by atoms with Gasteiger partial charge in [0.1, 0.15) is 0 Å². The summed E-state index contributed by atoms with van der Waals surface area (Å²) in [5.74, 6) is 0. The fourth-order valence-corrected chi connectivity index (χ4v) is 2.54. The summed E-state index contributed by atoms with van der Waals surface area (Å²) in [6, 6.07) is 0. The molecule has 1 rings (SSSR count). The second-order valence-corrected chi connectivity index (χ2v) is 4.61. The maximum atomic E-state index is 9.12. The number of aliphatic hydroxyl groups excluding tert-OH is 1. The first-order chi connectivity index (χ1) is 5.04. The lowest BCUT2D eigenvalue weighted by molar-refractivity contribution is -0.0980. The molecule has 11 heavy (non-hydrogen) atoms. The van der Waals surface area contributed by atoms with E-state index in [2.05, 4.69) is 13.8 Å². The number of hydrogen-bond acceptors (Lipinski definition) is 2. The van der Waals surface area contributed by atoms with Gasteiger partial charge in [0.2, 0.25) is 0 Å². The van der Waals surface area contributed by atoms with Crippen molar-refractivity contribution in [1.82, 2.24) is 0 Å². The van der Waals surface area contributed by atoms with E-state index in [0.29, 0.717) is 12.0 Å². The van der Waals surface area contributed by atoms with Gasteiger partial charge in [-0.2, -0.15) is 0 Å². The van der Waals surface area contributed by atoms with Gasteiger partial charge in [-0.25, -0.2) is 0 Å². The lowest BCUT2D eigenvalue weighted by Crippen LogP contribution is -2.48. The molecule has 1 saturated carbocycles. The van der Waals surface area contributed by atoms with E-state index in [1.807, 2.05) is 0 Å². The Kier molecular flexibility index (Phi) is 2.26. The summed E-state index contributed by atoms with van der Waals surface area (Å²) < 4.78 is 5.07. The Morgan fingerprint density at radius 3 is 2.18 bits per heavy atom. The molecule has 0 heterocycles. The van der Waals surface area contributed by atoms with Crippen LogP contribution >= 0.6 is 0 Å². The number of hydrogen-bond donors (Lipinski definition) is 1. The van der Waals surface area contributed by atoms with E-state index in [1.54, 1.807) is 7.11 Å². The Labute approximate surface area is 68.6 Å². The molecule has 1 N–H and O–H groups in total. The Hall–Kier alpha value is -0.0800. The molecule has 0 aromatic heterocycles. The van der Waals surface area contributed by atoms with Crippen molar-refractivity contribution in [2.24, 2.45) is 10.8 Å². The summed E-state index contributed by atoms with van der Waals surface area (Å²) in [4.78, 5) is 0. The average Bonchev–Trinajstić information content (AvgIpc) is 1.84. The molecule has 1 aliphatic rings. The van der Waals surface area contributed by atoms with E-state index in [4.69, 9.17) is 9.84 Å². The summed E-state index contributed by atoms with van der Waals surface area (Å²) in [6.45, 7) is 5.43. The first-order valence-corrected chi connectivity index (χ1v) is 4.13.